The van der Waals surface area contributed by atoms with E-state index in [9.17, 15) is 4.79 Å². The Balaban J connectivity index is 2.03. The predicted octanol–water partition coefficient (Wildman–Crippen LogP) is 3.67. The van der Waals surface area contributed by atoms with Gasteiger partial charge in [0.15, 0.2) is 0 Å². The number of benzene rings is 2. The van der Waals surface area contributed by atoms with E-state index in [1.807, 2.05) is 42.5 Å². The average Bonchev–Trinajstić information content (AvgIpc) is 2.54. The number of carbonyl (C=O) groups excluding carboxylic acids is 1. The van der Waals surface area contributed by atoms with Crippen molar-refractivity contribution in [2.24, 2.45) is 5.73 Å². The maximum Gasteiger partial charge on any atom is 0.224 e. The van der Waals surface area contributed by atoms with Crippen LogP contribution in [-0.2, 0) is 11.3 Å². The molecule has 0 bridgehead atoms. The van der Waals surface area contributed by atoms with Crippen LogP contribution in [0.4, 0.5) is 5.69 Å². The Morgan fingerprint density at radius 2 is 1.76 bits per heavy atom. The van der Waals surface area contributed by atoms with Crippen molar-refractivity contribution in [2.45, 2.75) is 32.2 Å². The summed E-state index contributed by atoms with van der Waals surface area (Å²) in [5, 5.41) is 2.98. The Bertz CT molecular complexity index is 581. The third-order valence-corrected chi connectivity index (χ3v) is 3.71. The van der Waals surface area contributed by atoms with Crippen LogP contribution >= 0.6 is 0 Å². The molecule has 0 spiro atoms. The SMILES string of the molecule is CCC(CC(=O)Nc1ccccc1CN)c1ccccc1. The number of hydrogen-bond acceptors (Lipinski definition) is 2. The summed E-state index contributed by atoms with van der Waals surface area (Å²) < 4.78 is 0. The smallest absolute Gasteiger partial charge is 0.224 e. The fourth-order valence-electron chi connectivity index (χ4n) is 2.47. The Labute approximate surface area is 126 Å². The number of nitrogens with one attached hydrogen (secondary N) is 1. The minimum absolute atomic E-state index is 0.0339. The molecule has 0 saturated heterocycles. The molecule has 1 atom stereocenters. The first-order valence-electron chi connectivity index (χ1n) is 7.37. The van der Waals surface area contributed by atoms with Crippen molar-refractivity contribution in [3.63, 3.8) is 0 Å². The standard InChI is InChI=1S/C18H22N2O/c1-2-14(15-8-4-3-5-9-15)12-18(21)20-17-11-7-6-10-16(17)13-19/h3-11,14H,2,12-13,19H2,1H3,(H,20,21). The summed E-state index contributed by atoms with van der Waals surface area (Å²) in [6, 6.07) is 17.8. The van der Waals surface area contributed by atoms with Crippen LogP contribution in [-0.4, -0.2) is 5.91 Å². The molecule has 3 N–H and O–H groups in total. The van der Waals surface area contributed by atoms with Crippen LogP contribution in [0.2, 0.25) is 0 Å². The van der Waals surface area contributed by atoms with Gasteiger partial charge < -0.3 is 11.1 Å². The lowest BCUT2D eigenvalue weighted by Gasteiger charge is -2.16. The lowest BCUT2D eigenvalue weighted by Crippen LogP contribution is -2.17. The normalized spacial score (nSPS) is 11.9. The highest BCUT2D eigenvalue weighted by molar-refractivity contribution is 5.92. The van der Waals surface area contributed by atoms with Gasteiger partial charge in [-0.3, -0.25) is 4.79 Å². The molecule has 2 aromatic rings. The summed E-state index contributed by atoms with van der Waals surface area (Å²) in [6.45, 7) is 2.53. The minimum Gasteiger partial charge on any atom is -0.326 e. The first-order chi connectivity index (χ1) is 10.2. The molecule has 0 aliphatic heterocycles. The largest absolute Gasteiger partial charge is 0.326 e. The Hall–Kier alpha value is -2.13. The molecule has 0 radical (unpaired) electrons. The van der Waals surface area contributed by atoms with Gasteiger partial charge in [0.1, 0.15) is 0 Å². The maximum absolute atomic E-state index is 12.3. The molecular formula is C18H22N2O. The molecule has 110 valence electrons. The topological polar surface area (TPSA) is 55.1 Å². The summed E-state index contributed by atoms with van der Waals surface area (Å²) in [7, 11) is 0. The van der Waals surface area contributed by atoms with Gasteiger partial charge in [-0.1, -0.05) is 55.5 Å². The third kappa shape index (κ3) is 4.17. The van der Waals surface area contributed by atoms with Crippen molar-refractivity contribution in [3.05, 3.63) is 65.7 Å². The minimum atomic E-state index is 0.0339. The molecule has 0 fully saturated rings. The monoisotopic (exact) mass is 282 g/mol. The fraction of sp³-hybridized carbons (Fsp3) is 0.278. The van der Waals surface area contributed by atoms with Crippen LogP contribution < -0.4 is 11.1 Å². The number of rotatable bonds is 6. The van der Waals surface area contributed by atoms with Gasteiger partial charge in [-0.25, -0.2) is 0 Å². The van der Waals surface area contributed by atoms with Gasteiger partial charge in [0.25, 0.3) is 0 Å². The van der Waals surface area contributed by atoms with E-state index in [0.717, 1.165) is 17.7 Å². The Morgan fingerprint density at radius 1 is 1.10 bits per heavy atom. The average molecular weight is 282 g/mol. The second kappa shape index (κ2) is 7.60. The van der Waals surface area contributed by atoms with Gasteiger partial charge in [-0.05, 0) is 29.5 Å². The molecule has 0 saturated carbocycles. The fourth-order valence-corrected chi connectivity index (χ4v) is 2.47. The zero-order valence-electron chi connectivity index (χ0n) is 12.4. The second-order valence-corrected chi connectivity index (χ2v) is 5.13. The van der Waals surface area contributed by atoms with E-state index in [-0.39, 0.29) is 11.8 Å². The highest BCUT2D eigenvalue weighted by Gasteiger charge is 2.14. The predicted molar refractivity (Wildman–Crippen MR) is 87.1 cm³/mol. The van der Waals surface area contributed by atoms with E-state index >= 15 is 0 Å². The quantitative estimate of drug-likeness (QED) is 0.849. The number of hydrogen-bond donors (Lipinski definition) is 2. The van der Waals surface area contributed by atoms with Crippen molar-refractivity contribution >= 4 is 11.6 Å². The van der Waals surface area contributed by atoms with E-state index in [0.29, 0.717) is 13.0 Å². The number of amides is 1. The van der Waals surface area contributed by atoms with E-state index in [1.54, 1.807) is 0 Å². The number of nitrogens with two attached hydrogens (primary N) is 1. The molecule has 1 amide bonds. The molecule has 21 heavy (non-hydrogen) atoms. The van der Waals surface area contributed by atoms with Crippen molar-refractivity contribution in [1.29, 1.82) is 0 Å². The summed E-state index contributed by atoms with van der Waals surface area (Å²) >= 11 is 0. The molecule has 0 aliphatic carbocycles. The first kappa shape index (κ1) is 15.3. The second-order valence-electron chi connectivity index (χ2n) is 5.13. The van der Waals surface area contributed by atoms with Crippen LogP contribution in [0.25, 0.3) is 0 Å². The molecule has 3 nitrogen and oxygen atoms in total. The van der Waals surface area contributed by atoms with Gasteiger partial charge in [0, 0.05) is 18.7 Å². The van der Waals surface area contributed by atoms with Crippen molar-refractivity contribution in [3.8, 4) is 0 Å². The summed E-state index contributed by atoms with van der Waals surface area (Å²) in [5.41, 5.74) is 8.67. The Kier molecular flexibility index (Phi) is 5.52. The van der Waals surface area contributed by atoms with E-state index in [1.165, 1.54) is 5.56 Å². The Morgan fingerprint density at radius 3 is 2.43 bits per heavy atom. The molecule has 2 rings (SSSR count). The zero-order chi connectivity index (χ0) is 15.1. The van der Waals surface area contributed by atoms with Gasteiger partial charge in [-0.2, -0.15) is 0 Å². The highest BCUT2D eigenvalue weighted by atomic mass is 16.1. The van der Waals surface area contributed by atoms with Gasteiger partial charge >= 0.3 is 0 Å². The van der Waals surface area contributed by atoms with Gasteiger partial charge in [0.05, 0.1) is 0 Å². The number of carbonyl (C=O) groups is 1. The van der Waals surface area contributed by atoms with Crippen LogP contribution in [0.3, 0.4) is 0 Å². The third-order valence-electron chi connectivity index (χ3n) is 3.71. The van der Waals surface area contributed by atoms with Crippen molar-refractivity contribution in [1.82, 2.24) is 0 Å². The van der Waals surface area contributed by atoms with Crippen LogP contribution in [0.15, 0.2) is 54.6 Å². The number of anilines is 1. The molecule has 0 heterocycles. The highest BCUT2D eigenvalue weighted by Crippen LogP contribution is 2.24. The summed E-state index contributed by atoms with van der Waals surface area (Å²) in [4.78, 5) is 12.3. The first-order valence-corrected chi connectivity index (χ1v) is 7.37. The lowest BCUT2D eigenvalue weighted by atomic mass is 9.93. The van der Waals surface area contributed by atoms with Gasteiger partial charge in [-0.15, -0.1) is 0 Å². The lowest BCUT2D eigenvalue weighted by molar-refractivity contribution is -0.116. The van der Waals surface area contributed by atoms with Crippen molar-refractivity contribution in [2.75, 3.05) is 5.32 Å². The molecule has 3 heteroatoms. The van der Waals surface area contributed by atoms with Crippen LogP contribution in [0.1, 0.15) is 36.8 Å². The van der Waals surface area contributed by atoms with E-state index in [2.05, 4.69) is 24.4 Å². The van der Waals surface area contributed by atoms with E-state index < -0.39 is 0 Å². The van der Waals surface area contributed by atoms with E-state index in [4.69, 9.17) is 5.73 Å². The molecule has 2 aromatic carbocycles. The van der Waals surface area contributed by atoms with Crippen LogP contribution in [0.5, 0.6) is 0 Å². The van der Waals surface area contributed by atoms with Crippen molar-refractivity contribution < 1.29 is 4.79 Å². The number of para-hydroxylation sites is 1. The molecule has 0 aromatic heterocycles. The van der Waals surface area contributed by atoms with Gasteiger partial charge in [0.2, 0.25) is 5.91 Å². The molecule has 1 unspecified atom stereocenters. The molecular weight excluding hydrogens is 260 g/mol. The molecule has 0 aliphatic rings. The summed E-state index contributed by atoms with van der Waals surface area (Å²) in [6.07, 6.45) is 1.43. The zero-order valence-corrected chi connectivity index (χ0v) is 12.4. The summed E-state index contributed by atoms with van der Waals surface area (Å²) in [5.74, 6) is 0.280. The maximum atomic E-state index is 12.3. The van der Waals surface area contributed by atoms with Crippen LogP contribution in [0, 0.1) is 0 Å².